The molecule has 0 bridgehead atoms. The van der Waals surface area contributed by atoms with Crippen molar-refractivity contribution in [2.45, 2.75) is 32.7 Å². The summed E-state index contributed by atoms with van der Waals surface area (Å²) in [5.41, 5.74) is 1.74. The van der Waals surface area contributed by atoms with Crippen LogP contribution in [0.2, 0.25) is 0 Å². The fourth-order valence-electron chi connectivity index (χ4n) is 2.56. The normalized spacial score (nSPS) is 22.6. The number of halogens is 1. The molecule has 1 fully saturated rings. The summed E-state index contributed by atoms with van der Waals surface area (Å²) in [5, 5.41) is 9.15. The molecule has 0 aromatic heterocycles. The highest BCUT2D eigenvalue weighted by atomic mass is 127. The molecule has 2 atom stereocenters. The lowest BCUT2D eigenvalue weighted by Crippen LogP contribution is -2.47. The Morgan fingerprint density at radius 1 is 1.35 bits per heavy atom. The summed E-state index contributed by atoms with van der Waals surface area (Å²) in [6.45, 7) is 4.26. The van der Waals surface area contributed by atoms with Crippen LogP contribution in [0.5, 0.6) is 0 Å². The molecular formula is C15H18INO3. The summed E-state index contributed by atoms with van der Waals surface area (Å²) in [6.07, 6.45) is 1.39. The lowest BCUT2D eigenvalue weighted by atomic mass is 9.93. The standard InChI is InChI=1S/C15H18INO3/c1-9-4-3-5-12(13(9)16)14(18)17-8-11(15(19)20)7-6-10(17)2/h3-5,10-11H,6-8H2,1-2H3,(H,19,20). The van der Waals surface area contributed by atoms with Crippen LogP contribution in [-0.4, -0.2) is 34.5 Å². The van der Waals surface area contributed by atoms with Crippen molar-refractivity contribution in [3.05, 3.63) is 32.9 Å². The molecule has 108 valence electrons. The topological polar surface area (TPSA) is 57.6 Å². The molecule has 0 saturated carbocycles. The number of carbonyl (C=O) groups is 2. The van der Waals surface area contributed by atoms with Gasteiger partial charge in [0.05, 0.1) is 11.5 Å². The number of amides is 1. The van der Waals surface area contributed by atoms with Crippen LogP contribution >= 0.6 is 22.6 Å². The quantitative estimate of drug-likeness (QED) is 0.794. The number of piperidine rings is 1. The van der Waals surface area contributed by atoms with E-state index in [-0.39, 0.29) is 11.9 Å². The number of aryl methyl sites for hydroxylation is 1. The molecule has 1 saturated heterocycles. The fourth-order valence-corrected chi connectivity index (χ4v) is 3.15. The Morgan fingerprint density at radius 2 is 2.05 bits per heavy atom. The van der Waals surface area contributed by atoms with Crippen molar-refractivity contribution in [3.8, 4) is 0 Å². The zero-order valence-electron chi connectivity index (χ0n) is 11.6. The van der Waals surface area contributed by atoms with Gasteiger partial charge in [-0.2, -0.15) is 0 Å². The molecule has 0 spiro atoms. The molecule has 2 unspecified atom stereocenters. The molecule has 0 aliphatic carbocycles. The number of carboxylic acid groups (broad SMARTS) is 1. The monoisotopic (exact) mass is 387 g/mol. The first-order valence-electron chi connectivity index (χ1n) is 6.70. The molecule has 0 radical (unpaired) electrons. The smallest absolute Gasteiger partial charge is 0.308 e. The van der Waals surface area contributed by atoms with Crippen molar-refractivity contribution >= 4 is 34.5 Å². The predicted molar refractivity (Wildman–Crippen MR) is 84.8 cm³/mol. The van der Waals surface area contributed by atoms with E-state index in [1.165, 1.54) is 0 Å². The van der Waals surface area contributed by atoms with Crippen molar-refractivity contribution in [3.63, 3.8) is 0 Å². The van der Waals surface area contributed by atoms with Gasteiger partial charge in [-0.3, -0.25) is 9.59 Å². The highest BCUT2D eigenvalue weighted by Crippen LogP contribution is 2.26. The van der Waals surface area contributed by atoms with Crippen molar-refractivity contribution in [2.24, 2.45) is 5.92 Å². The number of hydrogen-bond acceptors (Lipinski definition) is 2. The number of aliphatic carboxylic acids is 1. The van der Waals surface area contributed by atoms with E-state index in [0.717, 1.165) is 15.6 Å². The van der Waals surface area contributed by atoms with E-state index in [0.29, 0.717) is 18.5 Å². The molecule has 1 amide bonds. The van der Waals surface area contributed by atoms with Gasteiger partial charge in [0, 0.05) is 16.2 Å². The van der Waals surface area contributed by atoms with E-state index < -0.39 is 11.9 Å². The predicted octanol–water partition coefficient (Wildman–Crippen LogP) is 2.92. The average Bonchev–Trinajstić information content (AvgIpc) is 2.41. The average molecular weight is 387 g/mol. The van der Waals surface area contributed by atoms with Crippen LogP contribution in [0.1, 0.15) is 35.7 Å². The van der Waals surface area contributed by atoms with E-state index in [9.17, 15) is 9.59 Å². The third-order valence-electron chi connectivity index (χ3n) is 3.91. The van der Waals surface area contributed by atoms with Crippen LogP contribution in [-0.2, 0) is 4.79 Å². The third-order valence-corrected chi connectivity index (χ3v) is 5.35. The second kappa shape index (κ2) is 6.11. The van der Waals surface area contributed by atoms with Gasteiger partial charge in [0.15, 0.2) is 0 Å². The minimum atomic E-state index is -0.811. The largest absolute Gasteiger partial charge is 0.481 e. The van der Waals surface area contributed by atoms with E-state index in [2.05, 4.69) is 22.6 Å². The number of hydrogen-bond donors (Lipinski definition) is 1. The Bertz CT molecular complexity index is 544. The number of rotatable bonds is 2. The number of carbonyl (C=O) groups excluding carboxylic acids is 1. The number of nitrogens with zero attached hydrogens (tertiary/aromatic N) is 1. The van der Waals surface area contributed by atoms with Crippen LogP contribution in [0.15, 0.2) is 18.2 Å². The Labute approximate surface area is 132 Å². The maximum Gasteiger partial charge on any atom is 0.308 e. The summed E-state index contributed by atoms with van der Waals surface area (Å²) in [5.74, 6) is -1.32. The highest BCUT2D eigenvalue weighted by Gasteiger charge is 2.33. The SMILES string of the molecule is Cc1cccc(C(=O)N2CC(C(=O)O)CCC2C)c1I. The first-order valence-corrected chi connectivity index (χ1v) is 7.78. The summed E-state index contributed by atoms with van der Waals surface area (Å²) >= 11 is 2.18. The second-order valence-corrected chi connectivity index (χ2v) is 6.43. The molecule has 5 heteroatoms. The van der Waals surface area contributed by atoms with E-state index in [1.807, 2.05) is 32.0 Å². The van der Waals surface area contributed by atoms with Crippen molar-refractivity contribution < 1.29 is 14.7 Å². The van der Waals surface area contributed by atoms with Crippen molar-refractivity contribution in [1.29, 1.82) is 0 Å². The Balaban J connectivity index is 2.26. The van der Waals surface area contributed by atoms with Gasteiger partial charge in [0.25, 0.3) is 5.91 Å². The van der Waals surface area contributed by atoms with Crippen LogP contribution < -0.4 is 0 Å². The van der Waals surface area contributed by atoms with Gasteiger partial charge in [-0.1, -0.05) is 12.1 Å². The van der Waals surface area contributed by atoms with Gasteiger partial charge >= 0.3 is 5.97 Å². The molecule has 1 aromatic carbocycles. The fraction of sp³-hybridized carbons (Fsp3) is 0.467. The zero-order chi connectivity index (χ0) is 14.9. The lowest BCUT2D eigenvalue weighted by molar-refractivity contribution is -0.143. The summed E-state index contributed by atoms with van der Waals surface area (Å²) in [7, 11) is 0. The van der Waals surface area contributed by atoms with Gasteiger partial charge in [-0.25, -0.2) is 0 Å². The van der Waals surface area contributed by atoms with Crippen LogP contribution in [0.4, 0.5) is 0 Å². The highest BCUT2D eigenvalue weighted by molar-refractivity contribution is 14.1. The van der Waals surface area contributed by atoms with E-state index >= 15 is 0 Å². The van der Waals surface area contributed by atoms with Crippen LogP contribution in [0, 0.1) is 16.4 Å². The first kappa shape index (κ1) is 15.3. The summed E-state index contributed by atoms with van der Waals surface area (Å²) in [6, 6.07) is 5.75. The minimum Gasteiger partial charge on any atom is -0.481 e. The Hall–Kier alpha value is -1.11. The Morgan fingerprint density at radius 3 is 2.70 bits per heavy atom. The number of likely N-dealkylation sites (tertiary alicyclic amines) is 1. The first-order chi connectivity index (χ1) is 9.41. The molecule has 1 heterocycles. The number of carboxylic acids is 1. The maximum absolute atomic E-state index is 12.7. The molecule has 1 N–H and O–H groups in total. The summed E-state index contributed by atoms with van der Waals surface area (Å²) < 4.78 is 0.944. The van der Waals surface area contributed by atoms with Gasteiger partial charge in [0.2, 0.25) is 0 Å². The molecule has 2 rings (SSSR count). The summed E-state index contributed by atoms with van der Waals surface area (Å²) in [4.78, 5) is 25.5. The molecule has 4 nitrogen and oxygen atoms in total. The maximum atomic E-state index is 12.7. The van der Waals surface area contributed by atoms with Crippen molar-refractivity contribution in [2.75, 3.05) is 6.54 Å². The third kappa shape index (κ3) is 2.97. The molecule has 1 aliphatic heterocycles. The van der Waals surface area contributed by atoms with Crippen LogP contribution in [0.25, 0.3) is 0 Å². The zero-order valence-corrected chi connectivity index (χ0v) is 13.8. The van der Waals surface area contributed by atoms with Gasteiger partial charge < -0.3 is 10.0 Å². The van der Waals surface area contributed by atoms with Gasteiger partial charge in [0.1, 0.15) is 0 Å². The molecule has 20 heavy (non-hydrogen) atoms. The second-order valence-electron chi connectivity index (χ2n) is 5.36. The van der Waals surface area contributed by atoms with Crippen LogP contribution in [0.3, 0.4) is 0 Å². The van der Waals surface area contributed by atoms with Gasteiger partial charge in [-0.15, -0.1) is 0 Å². The molecule has 1 aromatic rings. The van der Waals surface area contributed by atoms with Gasteiger partial charge in [-0.05, 0) is 60.9 Å². The minimum absolute atomic E-state index is 0.0587. The van der Waals surface area contributed by atoms with E-state index in [4.69, 9.17) is 5.11 Å². The number of benzene rings is 1. The molecule has 1 aliphatic rings. The lowest BCUT2D eigenvalue weighted by Gasteiger charge is -2.36. The molecular weight excluding hydrogens is 369 g/mol. The Kier molecular flexibility index (Phi) is 4.67. The van der Waals surface area contributed by atoms with Crippen molar-refractivity contribution in [1.82, 2.24) is 4.90 Å². The van der Waals surface area contributed by atoms with E-state index in [1.54, 1.807) is 4.90 Å².